The number of nitrogens with one attached hydrogen (secondary N) is 2. The average molecular weight is 272 g/mol. The van der Waals surface area contributed by atoms with Crippen molar-refractivity contribution in [2.24, 2.45) is 5.84 Å². The fraction of sp³-hybridized carbons (Fsp3) is 0.545. The maximum absolute atomic E-state index is 12.1. The number of hydrogen-bond donors (Lipinski definition) is 3. The lowest BCUT2D eigenvalue weighted by atomic mass is 10.2. The number of pyridine rings is 1. The van der Waals surface area contributed by atoms with E-state index in [0.29, 0.717) is 0 Å². The minimum Gasteiger partial charge on any atom is -0.321 e. The zero-order valence-electron chi connectivity index (χ0n) is 10.7. The summed E-state index contributed by atoms with van der Waals surface area (Å²) in [5, 5.41) is -0.0733. The molecule has 0 aliphatic rings. The van der Waals surface area contributed by atoms with E-state index >= 15 is 0 Å². The first-order chi connectivity index (χ1) is 8.51. The fourth-order valence-corrected chi connectivity index (χ4v) is 2.98. The van der Waals surface area contributed by atoms with Gasteiger partial charge in [-0.1, -0.05) is 19.8 Å². The summed E-state index contributed by atoms with van der Waals surface area (Å²) < 4.78 is 26.8. The number of hydrogen-bond acceptors (Lipinski definition) is 5. The molecule has 1 rings (SSSR count). The molecule has 6 nitrogen and oxygen atoms in total. The molecular weight excluding hydrogens is 252 g/mol. The van der Waals surface area contributed by atoms with Gasteiger partial charge in [0.1, 0.15) is 0 Å². The van der Waals surface area contributed by atoms with Crippen molar-refractivity contribution in [2.45, 2.75) is 44.2 Å². The van der Waals surface area contributed by atoms with Crippen molar-refractivity contribution in [3.05, 3.63) is 18.3 Å². The van der Waals surface area contributed by atoms with Gasteiger partial charge >= 0.3 is 0 Å². The molecule has 1 aromatic heterocycles. The fourth-order valence-electron chi connectivity index (χ4n) is 1.60. The Morgan fingerprint density at radius 2 is 2.22 bits per heavy atom. The lowest BCUT2D eigenvalue weighted by Gasteiger charge is -2.14. The van der Waals surface area contributed by atoms with Crippen LogP contribution in [0.5, 0.6) is 0 Å². The molecule has 0 amide bonds. The van der Waals surface area contributed by atoms with E-state index in [0.717, 1.165) is 19.3 Å². The lowest BCUT2D eigenvalue weighted by Crippen LogP contribution is -2.33. The Bertz CT molecular complexity index is 476. The van der Waals surface area contributed by atoms with Crippen molar-refractivity contribution in [2.75, 3.05) is 5.43 Å². The van der Waals surface area contributed by atoms with Crippen LogP contribution in [0, 0.1) is 0 Å². The topological polar surface area (TPSA) is 97.1 Å². The summed E-state index contributed by atoms with van der Waals surface area (Å²) in [4.78, 5) is 3.86. The Morgan fingerprint density at radius 1 is 1.50 bits per heavy atom. The van der Waals surface area contributed by atoms with Crippen molar-refractivity contribution < 1.29 is 8.42 Å². The molecule has 0 spiro atoms. The van der Waals surface area contributed by atoms with Gasteiger partial charge in [-0.15, -0.1) is 0 Å². The third kappa shape index (κ3) is 3.94. The molecule has 0 saturated carbocycles. The molecule has 0 aliphatic carbocycles. The number of rotatable bonds is 7. The molecule has 102 valence electrons. The van der Waals surface area contributed by atoms with Crippen molar-refractivity contribution in [1.82, 2.24) is 9.71 Å². The SMILES string of the molecule is CCCCC(C)NS(=O)(=O)c1ncccc1NN. The van der Waals surface area contributed by atoms with Crippen LogP contribution in [0.4, 0.5) is 5.69 Å². The molecule has 1 atom stereocenters. The second kappa shape index (κ2) is 6.67. The van der Waals surface area contributed by atoms with E-state index in [4.69, 9.17) is 5.84 Å². The molecule has 7 heteroatoms. The number of nitrogen functional groups attached to an aromatic ring is 1. The minimum absolute atomic E-state index is 0.0733. The number of hydrazine groups is 1. The third-order valence-corrected chi connectivity index (χ3v) is 4.08. The zero-order chi connectivity index (χ0) is 13.6. The summed E-state index contributed by atoms with van der Waals surface area (Å²) in [7, 11) is -3.64. The Balaban J connectivity index is 2.86. The minimum atomic E-state index is -3.64. The Labute approximate surface area is 108 Å². The maximum atomic E-state index is 12.1. The maximum Gasteiger partial charge on any atom is 0.260 e. The number of anilines is 1. The lowest BCUT2D eigenvalue weighted by molar-refractivity contribution is 0.532. The molecule has 1 aromatic rings. The van der Waals surface area contributed by atoms with E-state index in [9.17, 15) is 8.42 Å². The van der Waals surface area contributed by atoms with Gasteiger partial charge in [0.25, 0.3) is 10.0 Å². The van der Waals surface area contributed by atoms with Gasteiger partial charge in [0.2, 0.25) is 0 Å². The average Bonchev–Trinajstić information content (AvgIpc) is 2.35. The van der Waals surface area contributed by atoms with Crippen LogP contribution in [0.2, 0.25) is 0 Å². The summed E-state index contributed by atoms with van der Waals surface area (Å²) in [5.74, 6) is 5.28. The van der Waals surface area contributed by atoms with Crippen LogP contribution in [-0.2, 0) is 10.0 Å². The predicted molar refractivity (Wildman–Crippen MR) is 71.4 cm³/mol. The highest BCUT2D eigenvalue weighted by atomic mass is 32.2. The molecule has 0 aliphatic heterocycles. The summed E-state index contributed by atoms with van der Waals surface area (Å²) >= 11 is 0. The second-order valence-electron chi connectivity index (χ2n) is 4.17. The van der Waals surface area contributed by atoms with Crippen LogP contribution in [0.3, 0.4) is 0 Å². The van der Waals surface area contributed by atoms with Gasteiger partial charge in [0.05, 0.1) is 5.69 Å². The van der Waals surface area contributed by atoms with Crippen LogP contribution < -0.4 is 16.0 Å². The second-order valence-corrected chi connectivity index (χ2v) is 5.79. The van der Waals surface area contributed by atoms with Crippen LogP contribution in [-0.4, -0.2) is 19.4 Å². The van der Waals surface area contributed by atoms with Crippen LogP contribution in [0.1, 0.15) is 33.1 Å². The number of unbranched alkanes of at least 4 members (excludes halogenated alkanes) is 1. The zero-order valence-corrected chi connectivity index (χ0v) is 11.5. The Kier molecular flexibility index (Phi) is 5.52. The summed E-state index contributed by atoms with van der Waals surface area (Å²) in [6, 6.07) is 3.06. The molecule has 0 aromatic carbocycles. The molecular formula is C11H20N4O2S. The summed E-state index contributed by atoms with van der Waals surface area (Å²) in [5.41, 5.74) is 2.62. The number of aromatic nitrogens is 1. The molecule has 4 N–H and O–H groups in total. The van der Waals surface area contributed by atoms with E-state index in [-0.39, 0.29) is 16.8 Å². The number of sulfonamides is 1. The summed E-state index contributed by atoms with van der Waals surface area (Å²) in [6.45, 7) is 3.90. The van der Waals surface area contributed by atoms with Crippen molar-refractivity contribution in [3.8, 4) is 0 Å². The van der Waals surface area contributed by atoms with Gasteiger partial charge < -0.3 is 5.43 Å². The highest BCUT2D eigenvalue weighted by Crippen LogP contribution is 2.17. The molecule has 0 radical (unpaired) electrons. The highest BCUT2D eigenvalue weighted by molar-refractivity contribution is 7.89. The number of nitrogens with zero attached hydrogens (tertiary/aromatic N) is 1. The third-order valence-electron chi connectivity index (χ3n) is 2.53. The van der Waals surface area contributed by atoms with Crippen LogP contribution in [0.15, 0.2) is 23.4 Å². The first kappa shape index (κ1) is 14.9. The monoisotopic (exact) mass is 272 g/mol. The van der Waals surface area contributed by atoms with Crippen molar-refractivity contribution in [1.29, 1.82) is 0 Å². The first-order valence-corrected chi connectivity index (χ1v) is 7.43. The van der Waals surface area contributed by atoms with Crippen LogP contribution >= 0.6 is 0 Å². The van der Waals surface area contributed by atoms with Gasteiger partial charge in [0.15, 0.2) is 5.03 Å². The quantitative estimate of drug-likeness (QED) is 0.512. The molecule has 18 heavy (non-hydrogen) atoms. The Morgan fingerprint density at radius 3 is 2.83 bits per heavy atom. The van der Waals surface area contributed by atoms with E-state index in [2.05, 4.69) is 22.1 Å². The van der Waals surface area contributed by atoms with Gasteiger partial charge in [0, 0.05) is 12.2 Å². The van der Waals surface area contributed by atoms with Gasteiger partial charge in [-0.25, -0.2) is 18.1 Å². The van der Waals surface area contributed by atoms with Gasteiger partial charge in [-0.05, 0) is 25.5 Å². The molecule has 0 bridgehead atoms. The van der Waals surface area contributed by atoms with E-state index in [1.54, 1.807) is 12.1 Å². The van der Waals surface area contributed by atoms with Crippen LogP contribution in [0.25, 0.3) is 0 Å². The van der Waals surface area contributed by atoms with Gasteiger partial charge in [-0.2, -0.15) is 0 Å². The highest BCUT2D eigenvalue weighted by Gasteiger charge is 2.21. The molecule has 0 fully saturated rings. The Hall–Kier alpha value is -1.18. The molecule has 1 heterocycles. The van der Waals surface area contributed by atoms with Crippen molar-refractivity contribution >= 4 is 15.7 Å². The molecule has 0 saturated heterocycles. The predicted octanol–water partition coefficient (Wildman–Crippen LogP) is 1.22. The first-order valence-electron chi connectivity index (χ1n) is 5.95. The standard InChI is InChI=1S/C11H20N4O2S/c1-3-4-6-9(2)15-18(16,17)11-10(14-12)7-5-8-13-11/h5,7-9,14-15H,3-4,6,12H2,1-2H3. The molecule has 1 unspecified atom stereocenters. The van der Waals surface area contributed by atoms with Gasteiger partial charge in [-0.3, -0.25) is 5.84 Å². The number of nitrogens with two attached hydrogens (primary N) is 1. The van der Waals surface area contributed by atoms with E-state index < -0.39 is 10.0 Å². The normalized spacial score (nSPS) is 13.3. The van der Waals surface area contributed by atoms with E-state index in [1.165, 1.54) is 6.20 Å². The smallest absolute Gasteiger partial charge is 0.260 e. The summed E-state index contributed by atoms with van der Waals surface area (Å²) in [6.07, 6.45) is 4.24. The largest absolute Gasteiger partial charge is 0.321 e. The van der Waals surface area contributed by atoms with E-state index in [1.807, 2.05) is 6.92 Å². The van der Waals surface area contributed by atoms with Crippen molar-refractivity contribution in [3.63, 3.8) is 0 Å².